The molecule has 1 saturated heterocycles. The Bertz CT molecular complexity index is 487. The average Bonchev–Trinajstić information content (AvgIpc) is 2.34. The van der Waals surface area contributed by atoms with E-state index in [9.17, 15) is 4.79 Å². The highest BCUT2D eigenvalue weighted by molar-refractivity contribution is 6.37. The van der Waals surface area contributed by atoms with Gasteiger partial charge in [-0.25, -0.2) is 4.98 Å². The van der Waals surface area contributed by atoms with Crippen molar-refractivity contribution in [3.8, 4) is 0 Å². The molecule has 19 heavy (non-hydrogen) atoms. The van der Waals surface area contributed by atoms with Gasteiger partial charge in [0.2, 0.25) is 5.91 Å². The molecule has 0 saturated carbocycles. The molecule has 1 aliphatic rings. The molecular weight excluding hydrogens is 287 g/mol. The maximum atomic E-state index is 10.9. The molecule has 1 aromatic rings. The lowest BCUT2D eigenvalue weighted by Gasteiger charge is -2.33. The Labute approximate surface area is 121 Å². The number of piperidine rings is 1. The van der Waals surface area contributed by atoms with E-state index >= 15 is 0 Å². The Kier molecular flexibility index (Phi) is 4.37. The van der Waals surface area contributed by atoms with E-state index in [0.717, 1.165) is 25.9 Å². The van der Waals surface area contributed by atoms with Gasteiger partial charge in [-0.05, 0) is 24.8 Å². The van der Waals surface area contributed by atoms with Crippen LogP contribution in [-0.2, 0) is 4.79 Å². The third-order valence-corrected chi connectivity index (χ3v) is 3.92. The van der Waals surface area contributed by atoms with E-state index in [-0.39, 0.29) is 11.7 Å². The van der Waals surface area contributed by atoms with Crippen molar-refractivity contribution in [3.05, 3.63) is 16.1 Å². The Morgan fingerprint density at radius 2 is 2.00 bits per heavy atom. The van der Waals surface area contributed by atoms with E-state index in [1.54, 1.807) is 6.07 Å². The Morgan fingerprint density at radius 1 is 1.37 bits per heavy atom. The van der Waals surface area contributed by atoms with Crippen molar-refractivity contribution in [2.45, 2.75) is 19.3 Å². The van der Waals surface area contributed by atoms with Gasteiger partial charge in [0.05, 0.1) is 10.0 Å². The molecule has 1 amide bonds. The first-order valence-electron chi connectivity index (χ1n) is 6.12. The molecule has 104 valence electrons. The van der Waals surface area contributed by atoms with E-state index in [2.05, 4.69) is 9.88 Å². The summed E-state index contributed by atoms with van der Waals surface area (Å²) in [5, 5.41) is 0.852. The number of pyridine rings is 1. The molecule has 0 aromatic carbocycles. The van der Waals surface area contributed by atoms with Crippen molar-refractivity contribution >= 4 is 40.7 Å². The van der Waals surface area contributed by atoms with Crippen LogP contribution in [0.3, 0.4) is 0 Å². The number of nitrogen functional groups attached to an aromatic ring is 1. The van der Waals surface area contributed by atoms with Crippen LogP contribution < -0.4 is 16.4 Å². The minimum absolute atomic E-state index is 0.245. The van der Waals surface area contributed by atoms with Crippen molar-refractivity contribution in [3.63, 3.8) is 0 Å². The number of amides is 1. The fraction of sp³-hybridized carbons (Fsp3) is 0.500. The molecule has 0 aliphatic carbocycles. The molecule has 1 aromatic heterocycles. The zero-order chi connectivity index (χ0) is 14.0. The topological polar surface area (TPSA) is 85.2 Å². The highest BCUT2D eigenvalue weighted by Gasteiger charge is 2.23. The van der Waals surface area contributed by atoms with Gasteiger partial charge in [-0.2, -0.15) is 0 Å². The molecule has 1 aliphatic heterocycles. The molecule has 0 bridgehead atoms. The second kappa shape index (κ2) is 5.84. The van der Waals surface area contributed by atoms with E-state index in [4.69, 9.17) is 34.7 Å². The van der Waals surface area contributed by atoms with Crippen molar-refractivity contribution in [1.29, 1.82) is 0 Å². The molecule has 0 unspecified atom stereocenters. The van der Waals surface area contributed by atoms with Crippen LogP contribution in [0.1, 0.15) is 19.3 Å². The highest BCUT2D eigenvalue weighted by atomic mass is 35.5. The number of hydrogen-bond donors (Lipinski definition) is 2. The number of aromatic nitrogens is 1. The fourth-order valence-electron chi connectivity index (χ4n) is 2.33. The summed E-state index contributed by atoms with van der Waals surface area (Å²) in [4.78, 5) is 17.2. The molecule has 0 radical (unpaired) electrons. The normalized spacial score (nSPS) is 16.6. The number of primary amides is 1. The zero-order valence-corrected chi connectivity index (χ0v) is 11.9. The summed E-state index contributed by atoms with van der Waals surface area (Å²) >= 11 is 12.0. The van der Waals surface area contributed by atoms with E-state index in [1.165, 1.54) is 0 Å². The van der Waals surface area contributed by atoms with Crippen LogP contribution >= 0.6 is 23.2 Å². The summed E-state index contributed by atoms with van der Waals surface area (Å²) in [7, 11) is 0. The quantitative estimate of drug-likeness (QED) is 0.895. The van der Waals surface area contributed by atoms with Gasteiger partial charge in [0.25, 0.3) is 0 Å². The van der Waals surface area contributed by atoms with E-state index in [1.807, 2.05) is 0 Å². The maximum Gasteiger partial charge on any atom is 0.217 e. The van der Waals surface area contributed by atoms with Gasteiger partial charge in [-0.3, -0.25) is 4.79 Å². The summed E-state index contributed by atoms with van der Waals surface area (Å²) in [6.45, 7) is 1.57. The van der Waals surface area contributed by atoms with Crippen LogP contribution in [0.15, 0.2) is 6.07 Å². The maximum absolute atomic E-state index is 10.9. The first kappa shape index (κ1) is 14.2. The summed E-state index contributed by atoms with van der Waals surface area (Å²) in [6, 6.07) is 1.61. The van der Waals surface area contributed by atoms with Crippen molar-refractivity contribution in [1.82, 2.24) is 4.98 Å². The van der Waals surface area contributed by atoms with Gasteiger partial charge < -0.3 is 16.4 Å². The minimum Gasteiger partial charge on any atom is -0.382 e. The number of nitrogens with zero attached hydrogens (tertiary/aromatic N) is 2. The first-order valence-corrected chi connectivity index (χ1v) is 6.87. The molecule has 0 atom stereocenters. The standard InChI is InChI=1S/C12H16Cl2N4O/c13-8-6-9(14)12(17-11(8)16)18-3-1-7(2-4-18)5-10(15)19/h6-7H,1-5H2,(H2,15,19)(H2,16,17). The number of rotatable bonds is 3. The van der Waals surface area contributed by atoms with Gasteiger partial charge >= 0.3 is 0 Å². The van der Waals surface area contributed by atoms with Gasteiger partial charge in [-0.15, -0.1) is 0 Å². The predicted octanol–water partition coefficient (Wildman–Crippen LogP) is 2.06. The van der Waals surface area contributed by atoms with Crippen LogP contribution in [0.4, 0.5) is 11.6 Å². The summed E-state index contributed by atoms with van der Waals surface area (Å²) in [5.41, 5.74) is 10.9. The molecule has 2 heterocycles. The second-order valence-corrected chi connectivity index (χ2v) is 5.58. The molecule has 0 spiro atoms. The lowest BCUT2D eigenvalue weighted by atomic mass is 9.93. The van der Waals surface area contributed by atoms with Crippen LogP contribution in [0, 0.1) is 5.92 Å². The number of hydrogen-bond acceptors (Lipinski definition) is 4. The lowest BCUT2D eigenvalue weighted by Crippen LogP contribution is -2.35. The number of anilines is 2. The SMILES string of the molecule is NC(=O)CC1CCN(c2nc(N)c(Cl)cc2Cl)CC1. The first-order chi connectivity index (χ1) is 8.97. The third kappa shape index (κ3) is 3.42. The van der Waals surface area contributed by atoms with Crippen molar-refractivity contribution in [2.24, 2.45) is 11.7 Å². The minimum atomic E-state index is -0.245. The van der Waals surface area contributed by atoms with Crippen LogP contribution in [-0.4, -0.2) is 24.0 Å². The van der Waals surface area contributed by atoms with Crippen molar-refractivity contribution < 1.29 is 4.79 Å². The predicted molar refractivity (Wildman–Crippen MR) is 77.4 cm³/mol. The molecule has 5 nitrogen and oxygen atoms in total. The smallest absolute Gasteiger partial charge is 0.217 e. The number of carbonyl (C=O) groups excluding carboxylic acids is 1. The van der Waals surface area contributed by atoms with Crippen LogP contribution in [0.2, 0.25) is 10.0 Å². The monoisotopic (exact) mass is 302 g/mol. The largest absolute Gasteiger partial charge is 0.382 e. The number of halogens is 2. The van der Waals surface area contributed by atoms with Crippen molar-refractivity contribution in [2.75, 3.05) is 23.7 Å². The van der Waals surface area contributed by atoms with Gasteiger partial charge in [0.15, 0.2) is 0 Å². The Morgan fingerprint density at radius 3 is 2.58 bits per heavy atom. The highest BCUT2D eigenvalue weighted by Crippen LogP contribution is 2.32. The number of carbonyl (C=O) groups is 1. The van der Waals surface area contributed by atoms with Gasteiger partial charge in [-0.1, -0.05) is 23.2 Å². The third-order valence-electron chi connectivity index (χ3n) is 3.34. The molecule has 1 fully saturated rings. The molecule has 4 N–H and O–H groups in total. The lowest BCUT2D eigenvalue weighted by molar-refractivity contribution is -0.119. The summed E-state index contributed by atoms with van der Waals surface area (Å²) in [6.07, 6.45) is 2.23. The molecular formula is C12H16Cl2N4O. The molecule has 2 rings (SSSR count). The van der Waals surface area contributed by atoms with Gasteiger partial charge in [0.1, 0.15) is 11.6 Å². The zero-order valence-electron chi connectivity index (χ0n) is 10.4. The summed E-state index contributed by atoms with van der Waals surface area (Å²) in [5.74, 6) is 1.03. The van der Waals surface area contributed by atoms with Crippen LogP contribution in [0.25, 0.3) is 0 Å². The number of nitrogens with two attached hydrogens (primary N) is 2. The Hall–Kier alpha value is -1.20. The van der Waals surface area contributed by atoms with E-state index < -0.39 is 0 Å². The Balaban J connectivity index is 2.05. The van der Waals surface area contributed by atoms with Gasteiger partial charge in [0, 0.05) is 19.5 Å². The molecule has 7 heteroatoms. The van der Waals surface area contributed by atoms with Crippen LogP contribution in [0.5, 0.6) is 0 Å². The van der Waals surface area contributed by atoms with E-state index in [0.29, 0.717) is 28.2 Å². The fourth-order valence-corrected chi connectivity index (χ4v) is 2.80. The average molecular weight is 303 g/mol. The second-order valence-electron chi connectivity index (χ2n) is 4.76. The summed E-state index contributed by atoms with van der Waals surface area (Å²) < 4.78 is 0.